The van der Waals surface area contributed by atoms with Crippen molar-refractivity contribution in [1.29, 1.82) is 0 Å². The molecule has 0 atom stereocenters. The van der Waals surface area contributed by atoms with E-state index in [2.05, 4.69) is 20.7 Å². The number of pyridine rings is 1. The van der Waals surface area contributed by atoms with Gasteiger partial charge in [-0.3, -0.25) is 13.9 Å². The molecule has 0 bridgehead atoms. The van der Waals surface area contributed by atoms with Crippen molar-refractivity contribution in [2.75, 3.05) is 10.6 Å². The Kier molecular flexibility index (Phi) is 4.45. The number of benzene rings is 1. The van der Waals surface area contributed by atoms with Gasteiger partial charge in [0.1, 0.15) is 11.5 Å². The first-order valence-electron chi connectivity index (χ1n) is 8.52. The van der Waals surface area contributed by atoms with Crippen LogP contribution in [0, 0.1) is 0 Å². The van der Waals surface area contributed by atoms with Crippen molar-refractivity contribution in [3.05, 3.63) is 72.3 Å². The Morgan fingerprint density at radius 1 is 1.03 bits per heavy atom. The first kappa shape index (κ1) is 18.5. The van der Waals surface area contributed by atoms with Crippen LogP contribution in [-0.2, 0) is 13.2 Å². The summed E-state index contributed by atoms with van der Waals surface area (Å²) in [6, 6.07) is 11.5. The van der Waals surface area contributed by atoms with E-state index in [0.717, 1.165) is 6.20 Å². The van der Waals surface area contributed by atoms with E-state index in [9.17, 15) is 18.0 Å². The van der Waals surface area contributed by atoms with Crippen molar-refractivity contribution in [1.82, 2.24) is 19.2 Å². The average molecular weight is 400 g/mol. The molecule has 0 aliphatic carbocycles. The fraction of sp³-hybridized carbons (Fsp3) is 0.105. The van der Waals surface area contributed by atoms with Crippen LogP contribution in [0.25, 0.3) is 5.65 Å². The molecule has 1 aromatic carbocycles. The van der Waals surface area contributed by atoms with Crippen molar-refractivity contribution in [3.63, 3.8) is 0 Å². The standard InChI is InChI=1S/C19H15F3N6O/c1-27-10-12(9-23-27)18(29)25-14-7-5-13(6-8-14)24-16-3-2-4-17-26-15(11-28(16)17)19(20,21)22/h2-11,24H,1H3,(H,25,29). The third kappa shape index (κ3) is 3.91. The highest BCUT2D eigenvalue weighted by Crippen LogP contribution is 2.30. The molecule has 0 aliphatic heterocycles. The minimum atomic E-state index is -4.52. The Labute approximate surface area is 162 Å². The number of hydrogen-bond donors (Lipinski definition) is 2. The summed E-state index contributed by atoms with van der Waals surface area (Å²) in [4.78, 5) is 15.8. The molecule has 3 aromatic heterocycles. The Hall–Kier alpha value is -3.82. The molecule has 0 saturated carbocycles. The second-order valence-corrected chi connectivity index (χ2v) is 6.32. The predicted molar refractivity (Wildman–Crippen MR) is 101 cm³/mol. The van der Waals surface area contributed by atoms with Crippen molar-refractivity contribution < 1.29 is 18.0 Å². The molecule has 1 amide bonds. The molecule has 10 heteroatoms. The van der Waals surface area contributed by atoms with Gasteiger partial charge in [0.05, 0.1) is 11.8 Å². The predicted octanol–water partition coefficient (Wildman–Crippen LogP) is 4.08. The summed E-state index contributed by atoms with van der Waals surface area (Å²) in [5.41, 5.74) is 0.869. The number of rotatable bonds is 4. The Bertz CT molecular complexity index is 1180. The minimum Gasteiger partial charge on any atom is -0.341 e. The quantitative estimate of drug-likeness (QED) is 0.541. The second kappa shape index (κ2) is 6.97. The molecule has 0 radical (unpaired) electrons. The molecule has 3 heterocycles. The SMILES string of the molecule is Cn1cc(C(=O)Nc2ccc(Nc3cccc4nc(C(F)(F)F)cn34)cc2)cn1. The number of fused-ring (bicyclic) bond motifs is 1. The van der Waals surface area contributed by atoms with Gasteiger partial charge in [0, 0.05) is 30.8 Å². The lowest BCUT2D eigenvalue weighted by Gasteiger charge is -2.10. The summed E-state index contributed by atoms with van der Waals surface area (Å²) in [6.45, 7) is 0. The number of amides is 1. The minimum absolute atomic E-state index is 0.183. The zero-order valence-corrected chi connectivity index (χ0v) is 15.1. The van der Waals surface area contributed by atoms with E-state index in [1.165, 1.54) is 21.3 Å². The van der Waals surface area contributed by atoms with Crippen LogP contribution in [0.3, 0.4) is 0 Å². The molecule has 29 heavy (non-hydrogen) atoms. The van der Waals surface area contributed by atoms with Crippen LogP contribution in [0.5, 0.6) is 0 Å². The van der Waals surface area contributed by atoms with E-state index < -0.39 is 11.9 Å². The largest absolute Gasteiger partial charge is 0.434 e. The molecule has 7 nitrogen and oxygen atoms in total. The van der Waals surface area contributed by atoms with Crippen molar-refractivity contribution >= 4 is 28.7 Å². The summed E-state index contributed by atoms with van der Waals surface area (Å²) in [5, 5.41) is 9.76. The lowest BCUT2D eigenvalue weighted by atomic mass is 10.2. The van der Waals surface area contributed by atoms with E-state index in [1.54, 1.807) is 49.6 Å². The van der Waals surface area contributed by atoms with Gasteiger partial charge in [0.25, 0.3) is 5.91 Å². The van der Waals surface area contributed by atoms with Crippen LogP contribution in [0.1, 0.15) is 16.1 Å². The van der Waals surface area contributed by atoms with E-state index in [0.29, 0.717) is 22.8 Å². The second-order valence-electron chi connectivity index (χ2n) is 6.32. The zero-order chi connectivity index (χ0) is 20.6. The highest BCUT2D eigenvalue weighted by atomic mass is 19.4. The monoisotopic (exact) mass is 400 g/mol. The molecule has 0 spiro atoms. The first-order chi connectivity index (χ1) is 13.8. The lowest BCUT2D eigenvalue weighted by molar-refractivity contribution is -0.140. The molecular weight excluding hydrogens is 385 g/mol. The van der Waals surface area contributed by atoms with Gasteiger partial charge in [-0.25, -0.2) is 4.98 Å². The Morgan fingerprint density at radius 3 is 2.41 bits per heavy atom. The maximum absolute atomic E-state index is 12.9. The summed E-state index contributed by atoms with van der Waals surface area (Å²) in [6.07, 6.45) is -0.504. The summed E-state index contributed by atoms with van der Waals surface area (Å²) in [7, 11) is 1.72. The number of alkyl halides is 3. The summed E-state index contributed by atoms with van der Waals surface area (Å²) < 4.78 is 41.6. The number of hydrogen-bond acceptors (Lipinski definition) is 4. The fourth-order valence-corrected chi connectivity index (χ4v) is 2.78. The third-order valence-corrected chi connectivity index (χ3v) is 4.16. The van der Waals surface area contributed by atoms with E-state index in [1.807, 2.05) is 0 Å². The van der Waals surface area contributed by atoms with Crippen LogP contribution in [0.15, 0.2) is 61.1 Å². The molecule has 0 fully saturated rings. The third-order valence-electron chi connectivity index (χ3n) is 4.16. The maximum Gasteiger partial charge on any atom is 0.434 e. The number of halogens is 3. The molecule has 0 aliphatic rings. The number of carbonyl (C=O) groups is 1. The fourth-order valence-electron chi connectivity index (χ4n) is 2.78. The van der Waals surface area contributed by atoms with Crippen LogP contribution < -0.4 is 10.6 Å². The van der Waals surface area contributed by atoms with Crippen molar-refractivity contribution in [3.8, 4) is 0 Å². The van der Waals surface area contributed by atoms with Gasteiger partial charge in [-0.15, -0.1) is 0 Å². The van der Waals surface area contributed by atoms with Gasteiger partial charge >= 0.3 is 6.18 Å². The summed E-state index contributed by atoms with van der Waals surface area (Å²) >= 11 is 0. The highest BCUT2D eigenvalue weighted by molar-refractivity contribution is 6.04. The van der Waals surface area contributed by atoms with Crippen LogP contribution in [0.4, 0.5) is 30.4 Å². The topological polar surface area (TPSA) is 76.2 Å². The Balaban J connectivity index is 1.52. The van der Waals surface area contributed by atoms with E-state index in [-0.39, 0.29) is 11.6 Å². The summed E-state index contributed by atoms with van der Waals surface area (Å²) in [5.74, 6) is 0.138. The number of imidazole rings is 1. The van der Waals surface area contributed by atoms with Gasteiger partial charge in [-0.1, -0.05) is 6.07 Å². The molecular formula is C19H15F3N6O. The molecule has 2 N–H and O–H groups in total. The zero-order valence-electron chi connectivity index (χ0n) is 15.1. The number of aryl methyl sites for hydroxylation is 1. The van der Waals surface area contributed by atoms with Gasteiger partial charge in [0.15, 0.2) is 5.69 Å². The van der Waals surface area contributed by atoms with E-state index >= 15 is 0 Å². The van der Waals surface area contributed by atoms with Gasteiger partial charge in [0.2, 0.25) is 0 Å². The van der Waals surface area contributed by atoms with Crippen molar-refractivity contribution in [2.45, 2.75) is 6.18 Å². The molecule has 148 valence electrons. The maximum atomic E-state index is 12.9. The molecule has 4 aromatic rings. The Morgan fingerprint density at radius 2 is 1.76 bits per heavy atom. The number of nitrogens with zero attached hydrogens (tertiary/aromatic N) is 4. The van der Waals surface area contributed by atoms with Crippen molar-refractivity contribution in [2.24, 2.45) is 7.05 Å². The highest BCUT2D eigenvalue weighted by Gasteiger charge is 2.34. The molecule has 0 saturated heterocycles. The number of aromatic nitrogens is 4. The number of anilines is 3. The smallest absolute Gasteiger partial charge is 0.341 e. The number of carbonyl (C=O) groups excluding carboxylic acids is 1. The average Bonchev–Trinajstić information content (AvgIpc) is 3.30. The van der Waals surface area contributed by atoms with Gasteiger partial charge < -0.3 is 10.6 Å². The first-order valence-corrected chi connectivity index (χ1v) is 8.52. The number of nitrogens with one attached hydrogen (secondary N) is 2. The van der Waals surface area contributed by atoms with E-state index in [4.69, 9.17) is 0 Å². The van der Waals surface area contributed by atoms with Gasteiger partial charge in [-0.2, -0.15) is 18.3 Å². The van der Waals surface area contributed by atoms with Crippen LogP contribution in [0.2, 0.25) is 0 Å². The normalized spacial score (nSPS) is 11.6. The lowest BCUT2D eigenvalue weighted by Crippen LogP contribution is -2.11. The van der Waals surface area contributed by atoms with Crippen LogP contribution in [-0.4, -0.2) is 25.1 Å². The van der Waals surface area contributed by atoms with Gasteiger partial charge in [-0.05, 0) is 36.4 Å². The molecule has 4 rings (SSSR count). The molecule has 0 unspecified atom stereocenters. The van der Waals surface area contributed by atoms with Crippen LogP contribution >= 0.6 is 0 Å².